The summed E-state index contributed by atoms with van der Waals surface area (Å²) in [5.74, 6) is 0.673. The minimum absolute atomic E-state index is 0.268. The standard InChI is InChI=1S/C17H25Cl2NO/c1-13(2)11-20-12-17(5-7-21-8-6-17)10-14-3-4-15(18)16(19)9-14/h3-4,9,13,20H,5-8,10-12H2,1-2H3. The van der Waals surface area contributed by atoms with Crippen molar-refractivity contribution < 1.29 is 4.74 Å². The van der Waals surface area contributed by atoms with Crippen LogP contribution in [-0.4, -0.2) is 26.3 Å². The number of hydrogen-bond acceptors (Lipinski definition) is 2. The van der Waals surface area contributed by atoms with E-state index in [4.69, 9.17) is 27.9 Å². The highest BCUT2D eigenvalue weighted by Gasteiger charge is 2.32. The van der Waals surface area contributed by atoms with Gasteiger partial charge in [-0.05, 0) is 54.8 Å². The number of halogens is 2. The molecule has 0 aliphatic carbocycles. The van der Waals surface area contributed by atoms with Gasteiger partial charge >= 0.3 is 0 Å². The zero-order valence-electron chi connectivity index (χ0n) is 12.9. The maximum Gasteiger partial charge on any atom is 0.0595 e. The summed E-state index contributed by atoms with van der Waals surface area (Å²) < 4.78 is 5.56. The van der Waals surface area contributed by atoms with E-state index in [1.165, 1.54) is 5.56 Å². The van der Waals surface area contributed by atoms with Gasteiger partial charge < -0.3 is 10.1 Å². The minimum atomic E-state index is 0.268. The molecule has 2 nitrogen and oxygen atoms in total. The fraction of sp³-hybridized carbons (Fsp3) is 0.647. The highest BCUT2D eigenvalue weighted by atomic mass is 35.5. The van der Waals surface area contributed by atoms with Crippen molar-refractivity contribution in [3.8, 4) is 0 Å². The molecule has 0 spiro atoms. The summed E-state index contributed by atoms with van der Waals surface area (Å²) in [6.45, 7) is 8.28. The summed E-state index contributed by atoms with van der Waals surface area (Å²) in [6, 6.07) is 5.99. The fourth-order valence-electron chi connectivity index (χ4n) is 2.93. The van der Waals surface area contributed by atoms with Crippen LogP contribution in [0.3, 0.4) is 0 Å². The number of rotatable bonds is 6. The summed E-state index contributed by atoms with van der Waals surface area (Å²) in [4.78, 5) is 0. The SMILES string of the molecule is CC(C)CNCC1(Cc2ccc(Cl)c(Cl)c2)CCOCC1. The Morgan fingerprint density at radius 1 is 1.19 bits per heavy atom. The third-order valence-electron chi connectivity index (χ3n) is 4.17. The van der Waals surface area contributed by atoms with E-state index < -0.39 is 0 Å². The first-order valence-corrected chi connectivity index (χ1v) is 8.49. The van der Waals surface area contributed by atoms with E-state index in [1.54, 1.807) is 0 Å². The molecule has 1 aromatic carbocycles. The van der Waals surface area contributed by atoms with E-state index >= 15 is 0 Å². The normalized spacial score (nSPS) is 18.1. The van der Waals surface area contributed by atoms with Crippen LogP contribution in [0.15, 0.2) is 18.2 Å². The van der Waals surface area contributed by atoms with Crippen molar-refractivity contribution in [2.45, 2.75) is 33.1 Å². The van der Waals surface area contributed by atoms with Gasteiger partial charge in [-0.25, -0.2) is 0 Å². The first-order chi connectivity index (χ1) is 10.0. The quantitative estimate of drug-likeness (QED) is 0.824. The molecule has 0 amide bonds. The molecular weight excluding hydrogens is 305 g/mol. The van der Waals surface area contributed by atoms with Crippen LogP contribution >= 0.6 is 23.2 Å². The van der Waals surface area contributed by atoms with Crippen LogP contribution in [0.1, 0.15) is 32.3 Å². The Balaban J connectivity index is 2.05. The predicted octanol–water partition coefficient (Wildman–Crippen LogP) is 4.58. The van der Waals surface area contributed by atoms with Crippen molar-refractivity contribution >= 4 is 23.2 Å². The molecule has 0 saturated carbocycles. The topological polar surface area (TPSA) is 21.3 Å². The Morgan fingerprint density at radius 3 is 2.52 bits per heavy atom. The monoisotopic (exact) mass is 329 g/mol. The van der Waals surface area contributed by atoms with Crippen LogP contribution in [0.2, 0.25) is 10.0 Å². The molecule has 1 aliphatic heterocycles. The van der Waals surface area contributed by atoms with Crippen LogP contribution in [0.5, 0.6) is 0 Å². The highest BCUT2D eigenvalue weighted by molar-refractivity contribution is 6.42. The molecule has 0 atom stereocenters. The summed E-state index contributed by atoms with van der Waals surface area (Å²) in [5.41, 5.74) is 1.53. The Kier molecular flexibility index (Phi) is 6.36. The second-order valence-electron chi connectivity index (χ2n) is 6.56. The number of benzene rings is 1. The van der Waals surface area contributed by atoms with Crippen LogP contribution in [0, 0.1) is 11.3 Å². The van der Waals surface area contributed by atoms with Crippen molar-refractivity contribution in [1.82, 2.24) is 5.32 Å². The Morgan fingerprint density at radius 2 is 1.90 bits per heavy atom. The van der Waals surface area contributed by atoms with Crippen molar-refractivity contribution in [2.24, 2.45) is 11.3 Å². The fourth-order valence-corrected chi connectivity index (χ4v) is 3.25. The first-order valence-electron chi connectivity index (χ1n) is 7.73. The molecule has 1 aliphatic rings. The second-order valence-corrected chi connectivity index (χ2v) is 7.38. The summed E-state index contributed by atoms with van der Waals surface area (Å²) in [7, 11) is 0. The van der Waals surface area contributed by atoms with Crippen LogP contribution in [-0.2, 0) is 11.2 Å². The Labute approximate surface area is 138 Å². The molecular formula is C17H25Cl2NO. The summed E-state index contributed by atoms with van der Waals surface area (Å²) in [6.07, 6.45) is 3.22. The lowest BCUT2D eigenvalue weighted by molar-refractivity contribution is 0.0147. The van der Waals surface area contributed by atoms with E-state index in [0.717, 1.165) is 45.6 Å². The Hall–Kier alpha value is -0.280. The van der Waals surface area contributed by atoms with E-state index in [1.807, 2.05) is 12.1 Å². The van der Waals surface area contributed by atoms with Crippen LogP contribution < -0.4 is 5.32 Å². The van der Waals surface area contributed by atoms with Gasteiger partial charge in [0.05, 0.1) is 10.0 Å². The third-order valence-corrected chi connectivity index (χ3v) is 4.91. The molecule has 4 heteroatoms. The molecule has 1 heterocycles. The van der Waals surface area contributed by atoms with Gasteiger partial charge in [0.15, 0.2) is 0 Å². The zero-order chi connectivity index (χ0) is 15.3. The molecule has 2 rings (SSSR count). The molecule has 0 bridgehead atoms. The number of nitrogens with one attached hydrogen (secondary N) is 1. The van der Waals surface area contributed by atoms with Gasteiger partial charge in [-0.1, -0.05) is 43.1 Å². The average Bonchev–Trinajstić information content (AvgIpc) is 2.43. The molecule has 0 radical (unpaired) electrons. The van der Waals surface area contributed by atoms with Crippen LogP contribution in [0.4, 0.5) is 0 Å². The van der Waals surface area contributed by atoms with Crippen LogP contribution in [0.25, 0.3) is 0 Å². The molecule has 0 aromatic heterocycles. The van der Waals surface area contributed by atoms with Gasteiger partial charge in [0.1, 0.15) is 0 Å². The van der Waals surface area contributed by atoms with Gasteiger partial charge in [-0.2, -0.15) is 0 Å². The van der Waals surface area contributed by atoms with Gasteiger partial charge in [0.2, 0.25) is 0 Å². The molecule has 1 N–H and O–H groups in total. The van der Waals surface area contributed by atoms with Gasteiger partial charge in [-0.3, -0.25) is 0 Å². The lowest BCUT2D eigenvalue weighted by Crippen LogP contribution is -2.41. The average molecular weight is 330 g/mol. The van der Waals surface area contributed by atoms with Gasteiger partial charge in [0.25, 0.3) is 0 Å². The van der Waals surface area contributed by atoms with E-state index in [-0.39, 0.29) is 5.41 Å². The van der Waals surface area contributed by atoms with Gasteiger partial charge in [-0.15, -0.1) is 0 Å². The van der Waals surface area contributed by atoms with E-state index in [2.05, 4.69) is 25.2 Å². The smallest absolute Gasteiger partial charge is 0.0595 e. The molecule has 1 aromatic rings. The van der Waals surface area contributed by atoms with Gasteiger partial charge in [0, 0.05) is 19.8 Å². The van der Waals surface area contributed by atoms with Crippen molar-refractivity contribution in [1.29, 1.82) is 0 Å². The second kappa shape index (κ2) is 7.82. The largest absolute Gasteiger partial charge is 0.381 e. The molecule has 118 valence electrons. The summed E-state index contributed by atoms with van der Waals surface area (Å²) >= 11 is 12.2. The van der Waals surface area contributed by atoms with E-state index in [9.17, 15) is 0 Å². The lowest BCUT2D eigenvalue weighted by atomic mass is 9.75. The predicted molar refractivity (Wildman–Crippen MR) is 90.4 cm³/mol. The number of hydrogen-bond donors (Lipinski definition) is 1. The highest BCUT2D eigenvalue weighted by Crippen LogP contribution is 2.35. The third kappa shape index (κ3) is 5.14. The van der Waals surface area contributed by atoms with E-state index in [0.29, 0.717) is 16.0 Å². The first kappa shape index (κ1) is 17.1. The minimum Gasteiger partial charge on any atom is -0.381 e. The maximum atomic E-state index is 6.15. The molecule has 21 heavy (non-hydrogen) atoms. The van der Waals surface area contributed by atoms with Crippen molar-refractivity contribution in [2.75, 3.05) is 26.3 Å². The molecule has 1 fully saturated rings. The molecule has 0 unspecified atom stereocenters. The molecule has 1 saturated heterocycles. The zero-order valence-corrected chi connectivity index (χ0v) is 14.4. The van der Waals surface area contributed by atoms with Crippen molar-refractivity contribution in [3.05, 3.63) is 33.8 Å². The summed E-state index contributed by atoms with van der Waals surface area (Å²) in [5, 5.41) is 4.90. The Bertz CT molecular complexity index is 456. The van der Waals surface area contributed by atoms with Crippen molar-refractivity contribution in [3.63, 3.8) is 0 Å². The number of ether oxygens (including phenoxy) is 1. The lowest BCUT2D eigenvalue weighted by Gasteiger charge is -2.38. The maximum absolute atomic E-state index is 6.15.